The van der Waals surface area contributed by atoms with Gasteiger partial charge < -0.3 is 25.4 Å². The number of phenols is 1. The molecule has 8 heteroatoms. The minimum absolute atomic E-state index is 0.0554. The number of nitrogens with one attached hydrogen (secondary N) is 1. The Hall–Kier alpha value is -3.55. The van der Waals surface area contributed by atoms with Gasteiger partial charge in [-0.05, 0) is 49.2 Å². The molecule has 0 atom stereocenters. The lowest BCUT2D eigenvalue weighted by Crippen LogP contribution is -2.29. The van der Waals surface area contributed by atoms with E-state index in [1.165, 1.54) is 24.3 Å². The van der Waals surface area contributed by atoms with Crippen molar-refractivity contribution in [1.82, 2.24) is 5.32 Å². The molecule has 0 aromatic heterocycles. The highest BCUT2D eigenvalue weighted by molar-refractivity contribution is 5.95. The molecule has 0 saturated carbocycles. The molecule has 144 valence electrons. The van der Waals surface area contributed by atoms with Gasteiger partial charge in [-0.1, -0.05) is 18.2 Å². The summed E-state index contributed by atoms with van der Waals surface area (Å²) in [7, 11) is 0. The topological polar surface area (TPSA) is 133 Å². The molecule has 0 unspecified atom stereocenters. The van der Waals surface area contributed by atoms with E-state index in [9.17, 15) is 14.4 Å². The molecule has 4 N–H and O–H groups in total. The molecule has 0 saturated heterocycles. The summed E-state index contributed by atoms with van der Waals surface area (Å²) in [5.74, 6) is -1.81. The minimum Gasteiger partial charge on any atom is -0.508 e. The van der Waals surface area contributed by atoms with Crippen molar-refractivity contribution in [3.8, 4) is 11.5 Å². The van der Waals surface area contributed by atoms with Gasteiger partial charge in [-0.25, -0.2) is 4.79 Å². The van der Waals surface area contributed by atoms with Crippen molar-refractivity contribution < 1.29 is 34.4 Å². The second kappa shape index (κ2) is 10.4. The first kappa shape index (κ1) is 21.5. The van der Waals surface area contributed by atoms with Gasteiger partial charge >= 0.3 is 11.9 Å². The van der Waals surface area contributed by atoms with Crippen LogP contribution in [0.5, 0.6) is 11.5 Å². The average molecular weight is 375 g/mol. The van der Waals surface area contributed by atoms with E-state index in [1.807, 2.05) is 32.0 Å². The number of hydrogen-bond acceptors (Lipinski definition) is 5. The van der Waals surface area contributed by atoms with Crippen molar-refractivity contribution in [2.24, 2.45) is 0 Å². The van der Waals surface area contributed by atoms with Gasteiger partial charge in [-0.15, -0.1) is 0 Å². The lowest BCUT2D eigenvalue weighted by atomic mass is 10.1. The fraction of sp³-hybridized carbons (Fsp3) is 0.211. The van der Waals surface area contributed by atoms with Crippen LogP contribution in [-0.2, 0) is 9.59 Å². The molecule has 2 aromatic carbocycles. The maximum Gasteiger partial charge on any atom is 0.341 e. The van der Waals surface area contributed by atoms with E-state index >= 15 is 0 Å². The Balaban J connectivity index is 0.000000271. The maximum atomic E-state index is 11.2. The number of benzene rings is 2. The molecule has 0 aliphatic carbocycles. The number of para-hydroxylation sites is 1. The Kier molecular flexibility index (Phi) is 8.31. The van der Waals surface area contributed by atoms with E-state index in [0.717, 1.165) is 11.1 Å². The quantitative estimate of drug-likeness (QED) is 0.606. The molecule has 0 bridgehead atoms. The molecule has 2 rings (SSSR count). The number of hydrogen-bond donors (Lipinski definition) is 4. The molecule has 0 aliphatic heterocycles. The van der Waals surface area contributed by atoms with Crippen LogP contribution < -0.4 is 10.1 Å². The number of carboxylic acids is 2. The van der Waals surface area contributed by atoms with Crippen molar-refractivity contribution in [2.45, 2.75) is 13.8 Å². The van der Waals surface area contributed by atoms with Crippen LogP contribution in [0, 0.1) is 13.8 Å². The van der Waals surface area contributed by atoms with Crippen LogP contribution in [0.3, 0.4) is 0 Å². The van der Waals surface area contributed by atoms with Crippen LogP contribution in [0.25, 0.3) is 0 Å². The Morgan fingerprint density at radius 3 is 1.96 bits per heavy atom. The Bertz CT molecular complexity index is 780. The van der Waals surface area contributed by atoms with Crippen molar-refractivity contribution in [3.63, 3.8) is 0 Å². The molecular formula is C19H21NO7. The fourth-order valence-electron chi connectivity index (χ4n) is 2.03. The molecule has 2 aromatic rings. The SMILES string of the molecule is Cc1cccc(C)c1OCC(=O)O.O=C(O)CNC(=O)c1ccc(O)cc1. The van der Waals surface area contributed by atoms with Crippen LogP contribution in [0.2, 0.25) is 0 Å². The zero-order valence-electron chi connectivity index (χ0n) is 14.9. The van der Waals surface area contributed by atoms with E-state index in [-0.39, 0.29) is 12.4 Å². The van der Waals surface area contributed by atoms with Gasteiger partial charge in [0.2, 0.25) is 0 Å². The number of phenolic OH excluding ortho intramolecular Hbond substituents is 1. The number of amides is 1. The summed E-state index contributed by atoms with van der Waals surface area (Å²) < 4.78 is 5.13. The minimum atomic E-state index is -1.10. The second-order valence-corrected chi connectivity index (χ2v) is 5.53. The largest absolute Gasteiger partial charge is 0.508 e. The number of carbonyl (C=O) groups excluding carboxylic acids is 1. The average Bonchev–Trinajstić information content (AvgIpc) is 2.60. The number of aryl methyl sites for hydroxylation is 2. The number of aromatic hydroxyl groups is 1. The lowest BCUT2D eigenvalue weighted by molar-refractivity contribution is -0.139. The fourth-order valence-corrected chi connectivity index (χ4v) is 2.03. The normalized spacial score (nSPS) is 9.56. The van der Waals surface area contributed by atoms with Gasteiger partial charge in [0.25, 0.3) is 5.91 Å². The first-order valence-corrected chi connectivity index (χ1v) is 7.90. The highest BCUT2D eigenvalue weighted by Gasteiger charge is 2.06. The van der Waals surface area contributed by atoms with Gasteiger partial charge in [0.15, 0.2) is 6.61 Å². The van der Waals surface area contributed by atoms with Crippen molar-refractivity contribution in [1.29, 1.82) is 0 Å². The summed E-state index contributed by atoms with van der Waals surface area (Å²) in [4.78, 5) is 31.6. The van der Waals surface area contributed by atoms with Crippen LogP contribution in [0.4, 0.5) is 0 Å². The summed E-state index contributed by atoms with van der Waals surface area (Å²) in [5.41, 5.74) is 2.23. The van der Waals surface area contributed by atoms with E-state index in [2.05, 4.69) is 5.32 Å². The van der Waals surface area contributed by atoms with Gasteiger partial charge in [0.1, 0.15) is 18.0 Å². The molecular weight excluding hydrogens is 354 g/mol. The zero-order valence-corrected chi connectivity index (χ0v) is 14.9. The predicted octanol–water partition coefficient (Wildman–Crippen LogP) is 1.97. The summed E-state index contributed by atoms with van der Waals surface area (Å²) in [6.45, 7) is 3.08. The maximum absolute atomic E-state index is 11.2. The van der Waals surface area contributed by atoms with Gasteiger partial charge in [0, 0.05) is 5.56 Å². The third-order valence-electron chi connectivity index (χ3n) is 3.28. The highest BCUT2D eigenvalue weighted by atomic mass is 16.5. The van der Waals surface area contributed by atoms with Crippen LogP contribution in [0.1, 0.15) is 21.5 Å². The van der Waals surface area contributed by atoms with Crippen molar-refractivity contribution in [3.05, 3.63) is 59.2 Å². The number of rotatable bonds is 6. The van der Waals surface area contributed by atoms with Crippen molar-refractivity contribution in [2.75, 3.05) is 13.2 Å². The monoisotopic (exact) mass is 375 g/mol. The molecule has 0 fully saturated rings. The Morgan fingerprint density at radius 2 is 1.48 bits per heavy atom. The molecule has 8 nitrogen and oxygen atoms in total. The second-order valence-electron chi connectivity index (χ2n) is 5.53. The smallest absolute Gasteiger partial charge is 0.341 e. The van der Waals surface area contributed by atoms with Gasteiger partial charge in [-0.2, -0.15) is 0 Å². The summed E-state index contributed by atoms with van der Waals surface area (Å²) in [5, 5.41) is 27.9. The molecule has 0 aliphatic rings. The van der Waals surface area contributed by atoms with Crippen LogP contribution in [0.15, 0.2) is 42.5 Å². The first-order valence-electron chi connectivity index (χ1n) is 7.90. The van der Waals surface area contributed by atoms with Crippen LogP contribution >= 0.6 is 0 Å². The number of aliphatic carboxylic acids is 2. The molecule has 1 amide bonds. The lowest BCUT2D eigenvalue weighted by Gasteiger charge is -2.09. The standard InChI is InChI=1S/C10H12O3.C9H9NO4/c1-7-4-3-5-8(2)10(7)13-6-9(11)12;11-7-3-1-6(2-4-7)9(14)10-5-8(12)13/h3-5H,6H2,1-2H3,(H,11,12);1-4,11H,5H2,(H,10,14)(H,12,13). The van der Waals surface area contributed by atoms with E-state index in [4.69, 9.17) is 20.1 Å². The van der Waals surface area contributed by atoms with E-state index < -0.39 is 24.4 Å². The van der Waals surface area contributed by atoms with Crippen LogP contribution in [-0.4, -0.2) is 46.3 Å². The van der Waals surface area contributed by atoms with E-state index in [1.54, 1.807) is 0 Å². The number of carboxylic acid groups (broad SMARTS) is 2. The Morgan fingerprint density at radius 1 is 0.926 bits per heavy atom. The zero-order chi connectivity index (χ0) is 20.4. The Labute approximate surface area is 156 Å². The van der Waals surface area contributed by atoms with E-state index in [0.29, 0.717) is 11.3 Å². The predicted molar refractivity (Wildman–Crippen MR) is 97.1 cm³/mol. The highest BCUT2D eigenvalue weighted by Crippen LogP contribution is 2.21. The van der Waals surface area contributed by atoms with Gasteiger partial charge in [0.05, 0.1) is 0 Å². The molecule has 0 spiro atoms. The molecule has 0 heterocycles. The first-order chi connectivity index (χ1) is 12.7. The molecule has 27 heavy (non-hydrogen) atoms. The molecule has 0 radical (unpaired) electrons. The summed E-state index contributed by atoms with van der Waals surface area (Å²) in [6, 6.07) is 11.2. The number of carbonyl (C=O) groups is 3. The number of ether oxygens (including phenoxy) is 1. The van der Waals surface area contributed by atoms with Crippen molar-refractivity contribution >= 4 is 17.8 Å². The third-order valence-corrected chi connectivity index (χ3v) is 3.28. The summed E-state index contributed by atoms with van der Waals surface area (Å²) >= 11 is 0. The van der Waals surface area contributed by atoms with Gasteiger partial charge in [-0.3, -0.25) is 9.59 Å². The third kappa shape index (κ3) is 7.91. The summed E-state index contributed by atoms with van der Waals surface area (Å²) in [6.07, 6.45) is 0.